The first-order valence-corrected chi connectivity index (χ1v) is 10.4. The molecule has 146 valence electrons. The Bertz CT molecular complexity index is 735. The molecule has 26 heavy (non-hydrogen) atoms. The highest BCUT2D eigenvalue weighted by molar-refractivity contribution is 7.89. The minimum Gasteiger partial charge on any atom is -0.497 e. The number of carbonyl (C=O) groups excluding carboxylic acids is 1. The molecule has 1 N–H and O–H groups in total. The van der Waals surface area contributed by atoms with Crippen LogP contribution in [0.1, 0.15) is 38.3 Å². The third-order valence-corrected chi connectivity index (χ3v) is 6.62. The van der Waals surface area contributed by atoms with Gasteiger partial charge in [-0.25, -0.2) is 12.7 Å². The molecule has 1 aliphatic rings. The van der Waals surface area contributed by atoms with Gasteiger partial charge in [-0.05, 0) is 44.9 Å². The van der Waals surface area contributed by atoms with Crippen LogP contribution in [0.2, 0.25) is 0 Å². The van der Waals surface area contributed by atoms with Crippen LogP contribution in [0.15, 0.2) is 18.2 Å². The maximum atomic E-state index is 12.7. The van der Waals surface area contributed by atoms with Gasteiger partial charge < -0.3 is 14.8 Å². The van der Waals surface area contributed by atoms with Crippen LogP contribution in [-0.2, 0) is 14.8 Å². The third kappa shape index (κ3) is 4.67. The number of benzene rings is 1. The fourth-order valence-electron chi connectivity index (χ4n) is 3.18. The number of rotatable bonds is 7. The van der Waals surface area contributed by atoms with Gasteiger partial charge in [-0.1, -0.05) is 0 Å². The highest BCUT2D eigenvalue weighted by Gasteiger charge is 2.32. The zero-order valence-electron chi connectivity index (χ0n) is 15.8. The average molecular weight is 384 g/mol. The maximum Gasteiger partial charge on any atom is 0.224 e. The summed E-state index contributed by atoms with van der Waals surface area (Å²) in [6, 6.07) is 5.14. The van der Waals surface area contributed by atoms with Crippen molar-refractivity contribution in [2.45, 2.75) is 32.7 Å². The standard InChI is InChI=1S/C18H28N2O5S/c1-5-26(22,23)20-10-6-7-14(12-20)18(21)19-13(2)16-11-15(24-3)8-9-17(16)25-4/h8-9,11,13-14H,5-7,10,12H2,1-4H3,(H,19,21). The molecule has 1 saturated heterocycles. The SMILES string of the molecule is CCS(=O)(=O)N1CCCC(C(=O)NC(C)c2cc(OC)ccc2OC)C1. The number of nitrogens with zero attached hydrogens (tertiary/aromatic N) is 1. The lowest BCUT2D eigenvalue weighted by molar-refractivity contribution is -0.126. The molecule has 1 aromatic carbocycles. The maximum absolute atomic E-state index is 12.7. The lowest BCUT2D eigenvalue weighted by atomic mass is 9.97. The van der Waals surface area contributed by atoms with Gasteiger partial charge in [-0.3, -0.25) is 4.79 Å². The van der Waals surface area contributed by atoms with Crippen LogP contribution in [0.4, 0.5) is 0 Å². The largest absolute Gasteiger partial charge is 0.497 e. The number of hydrogen-bond donors (Lipinski definition) is 1. The van der Waals surface area contributed by atoms with E-state index in [0.29, 0.717) is 30.9 Å². The molecular weight excluding hydrogens is 356 g/mol. The quantitative estimate of drug-likeness (QED) is 0.777. The van der Waals surface area contributed by atoms with Gasteiger partial charge in [0.25, 0.3) is 0 Å². The number of sulfonamides is 1. The second kappa shape index (κ2) is 8.73. The van der Waals surface area contributed by atoms with Gasteiger partial charge in [0.15, 0.2) is 0 Å². The lowest BCUT2D eigenvalue weighted by Crippen LogP contribution is -2.46. The molecular formula is C18H28N2O5S. The Hall–Kier alpha value is -1.80. The zero-order valence-corrected chi connectivity index (χ0v) is 16.6. The molecule has 1 aromatic rings. The molecule has 0 radical (unpaired) electrons. The minimum atomic E-state index is -3.27. The van der Waals surface area contributed by atoms with E-state index in [9.17, 15) is 13.2 Å². The highest BCUT2D eigenvalue weighted by Crippen LogP contribution is 2.30. The van der Waals surface area contributed by atoms with Crippen LogP contribution in [-0.4, -0.2) is 51.7 Å². The lowest BCUT2D eigenvalue weighted by Gasteiger charge is -2.31. The van der Waals surface area contributed by atoms with Gasteiger partial charge in [0.1, 0.15) is 11.5 Å². The van der Waals surface area contributed by atoms with E-state index < -0.39 is 10.0 Å². The van der Waals surface area contributed by atoms with E-state index in [1.807, 2.05) is 13.0 Å². The van der Waals surface area contributed by atoms with Gasteiger partial charge in [-0.2, -0.15) is 0 Å². The van der Waals surface area contributed by atoms with Gasteiger partial charge in [0.05, 0.1) is 31.9 Å². The van der Waals surface area contributed by atoms with E-state index in [1.54, 1.807) is 33.3 Å². The number of amides is 1. The second-order valence-electron chi connectivity index (χ2n) is 6.44. The first kappa shape index (κ1) is 20.5. The van der Waals surface area contributed by atoms with E-state index in [4.69, 9.17) is 9.47 Å². The number of carbonyl (C=O) groups is 1. The molecule has 1 amide bonds. The van der Waals surface area contributed by atoms with E-state index in [1.165, 1.54) is 4.31 Å². The van der Waals surface area contributed by atoms with Crippen LogP contribution in [0.25, 0.3) is 0 Å². The summed E-state index contributed by atoms with van der Waals surface area (Å²) >= 11 is 0. The van der Waals surface area contributed by atoms with Crippen molar-refractivity contribution in [1.82, 2.24) is 9.62 Å². The summed E-state index contributed by atoms with van der Waals surface area (Å²) in [6.07, 6.45) is 1.37. The predicted molar refractivity (Wildman–Crippen MR) is 99.9 cm³/mol. The van der Waals surface area contributed by atoms with Crippen LogP contribution >= 0.6 is 0 Å². The molecule has 1 heterocycles. The summed E-state index contributed by atoms with van der Waals surface area (Å²) in [5, 5.41) is 2.99. The molecule has 0 aromatic heterocycles. The second-order valence-corrected chi connectivity index (χ2v) is 8.69. The first-order chi connectivity index (χ1) is 12.3. The Kier molecular flexibility index (Phi) is 6.88. The summed E-state index contributed by atoms with van der Waals surface area (Å²) < 4.78 is 36.2. The van der Waals surface area contributed by atoms with Crippen molar-refractivity contribution in [2.24, 2.45) is 5.92 Å². The molecule has 0 aliphatic carbocycles. The normalized spacial score (nSPS) is 19.6. The van der Waals surface area contributed by atoms with Crippen LogP contribution in [0.3, 0.4) is 0 Å². The van der Waals surface area contributed by atoms with E-state index in [0.717, 1.165) is 5.56 Å². The van der Waals surface area contributed by atoms with Gasteiger partial charge in [-0.15, -0.1) is 0 Å². The minimum absolute atomic E-state index is 0.0543. The molecule has 0 spiro atoms. The van der Waals surface area contributed by atoms with Crippen molar-refractivity contribution < 1.29 is 22.7 Å². The molecule has 2 atom stereocenters. The Morgan fingerprint density at radius 1 is 1.35 bits per heavy atom. The van der Waals surface area contributed by atoms with Crippen molar-refractivity contribution in [3.05, 3.63) is 23.8 Å². The van der Waals surface area contributed by atoms with Crippen LogP contribution in [0, 0.1) is 5.92 Å². The van der Waals surface area contributed by atoms with Crippen molar-refractivity contribution in [3.8, 4) is 11.5 Å². The monoisotopic (exact) mass is 384 g/mol. The number of nitrogens with one attached hydrogen (secondary N) is 1. The molecule has 8 heteroatoms. The van der Waals surface area contributed by atoms with Crippen molar-refractivity contribution >= 4 is 15.9 Å². The van der Waals surface area contributed by atoms with E-state index >= 15 is 0 Å². The van der Waals surface area contributed by atoms with Gasteiger partial charge in [0, 0.05) is 18.7 Å². The Labute approximate surface area is 155 Å². The van der Waals surface area contributed by atoms with Crippen molar-refractivity contribution in [1.29, 1.82) is 0 Å². The van der Waals surface area contributed by atoms with Crippen molar-refractivity contribution in [3.63, 3.8) is 0 Å². The molecule has 0 saturated carbocycles. The van der Waals surface area contributed by atoms with Crippen molar-refractivity contribution in [2.75, 3.05) is 33.1 Å². The highest BCUT2D eigenvalue weighted by atomic mass is 32.2. The van der Waals surface area contributed by atoms with Crippen LogP contribution in [0.5, 0.6) is 11.5 Å². The van der Waals surface area contributed by atoms with Gasteiger partial charge in [0.2, 0.25) is 15.9 Å². The summed E-state index contributed by atoms with van der Waals surface area (Å²) in [6.45, 7) is 4.22. The van der Waals surface area contributed by atoms with E-state index in [-0.39, 0.29) is 30.2 Å². The molecule has 0 bridgehead atoms. The average Bonchev–Trinajstić information content (AvgIpc) is 2.67. The number of piperidine rings is 1. The molecule has 7 nitrogen and oxygen atoms in total. The summed E-state index contributed by atoms with van der Waals surface area (Å²) in [7, 11) is -0.110. The predicted octanol–water partition coefficient (Wildman–Crippen LogP) is 1.94. The fourth-order valence-corrected chi connectivity index (χ4v) is 4.36. The Balaban J connectivity index is 2.09. The third-order valence-electron chi connectivity index (χ3n) is 4.78. The molecule has 2 rings (SSSR count). The molecule has 1 aliphatic heterocycles. The molecule has 1 fully saturated rings. The Morgan fingerprint density at radius 3 is 2.69 bits per heavy atom. The Morgan fingerprint density at radius 2 is 2.08 bits per heavy atom. The van der Waals surface area contributed by atoms with Crippen LogP contribution < -0.4 is 14.8 Å². The number of ether oxygens (including phenoxy) is 2. The number of methoxy groups -OCH3 is 2. The topological polar surface area (TPSA) is 84.9 Å². The van der Waals surface area contributed by atoms with E-state index in [2.05, 4.69) is 5.32 Å². The molecule has 2 unspecified atom stereocenters. The summed E-state index contributed by atoms with van der Waals surface area (Å²) in [4.78, 5) is 12.7. The number of hydrogen-bond acceptors (Lipinski definition) is 5. The van der Waals surface area contributed by atoms with Gasteiger partial charge >= 0.3 is 0 Å². The smallest absolute Gasteiger partial charge is 0.224 e. The summed E-state index contributed by atoms with van der Waals surface area (Å²) in [5.41, 5.74) is 0.814. The first-order valence-electron chi connectivity index (χ1n) is 8.82. The fraction of sp³-hybridized carbons (Fsp3) is 0.611. The summed E-state index contributed by atoms with van der Waals surface area (Å²) in [5.74, 6) is 0.915. The zero-order chi connectivity index (χ0) is 19.3.